The SMILES string of the molecule is CCCNC(=O)C(C)Sc1nnc(-c2ccc(OC)cc2)o1. The number of methoxy groups -OCH3 is 1. The summed E-state index contributed by atoms with van der Waals surface area (Å²) in [4.78, 5) is 11.8. The Labute approximate surface area is 133 Å². The Kier molecular flexibility index (Phi) is 5.83. The van der Waals surface area contributed by atoms with Crippen molar-refractivity contribution >= 4 is 17.7 Å². The number of carbonyl (C=O) groups excluding carboxylic acids is 1. The van der Waals surface area contributed by atoms with E-state index in [9.17, 15) is 4.79 Å². The molecule has 0 aliphatic carbocycles. The van der Waals surface area contributed by atoms with E-state index in [0.29, 0.717) is 17.7 Å². The average molecular weight is 321 g/mol. The van der Waals surface area contributed by atoms with E-state index >= 15 is 0 Å². The van der Waals surface area contributed by atoms with Gasteiger partial charge in [-0.05, 0) is 37.6 Å². The molecule has 1 heterocycles. The highest BCUT2D eigenvalue weighted by molar-refractivity contribution is 8.00. The quantitative estimate of drug-likeness (QED) is 0.790. The maximum absolute atomic E-state index is 11.8. The molecule has 0 bridgehead atoms. The number of benzene rings is 1. The predicted molar refractivity (Wildman–Crippen MR) is 84.9 cm³/mol. The van der Waals surface area contributed by atoms with Crippen molar-refractivity contribution in [2.75, 3.05) is 13.7 Å². The third kappa shape index (κ3) is 4.24. The van der Waals surface area contributed by atoms with Crippen LogP contribution in [0.1, 0.15) is 20.3 Å². The van der Waals surface area contributed by atoms with Crippen LogP contribution in [0.3, 0.4) is 0 Å². The van der Waals surface area contributed by atoms with Gasteiger partial charge in [0.25, 0.3) is 5.22 Å². The molecule has 118 valence electrons. The van der Waals surface area contributed by atoms with Gasteiger partial charge in [0.05, 0.1) is 12.4 Å². The van der Waals surface area contributed by atoms with E-state index in [2.05, 4.69) is 15.5 Å². The van der Waals surface area contributed by atoms with E-state index in [0.717, 1.165) is 17.7 Å². The summed E-state index contributed by atoms with van der Waals surface area (Å²) in [5.74, 6) is 1.15. The topological polar surface area (TPSA) is 77.2 Å². The minimum Gasteiger partial charge on any atom is -0.497 e. The lowest BCUT2D eigenvalue weighted by Crippen LogP contribution is -2.31. The summed E-state index contributed by atoms with van der Waals surface area (Å²) in [5.41, 5.74) is 0.809. The molecule has 2 rings (SSSR count). The molecule has 7 heteroatoms. The number of nitrogens with zero attached hydrogens (tertiary/aromatic N) is 2. The largest absolute Gasteiger partial charge is 0.497 e. The molecule has 0 spiro atoms. The van der Waals surface area contributed by atoms with Crippen LogP contribution < -0.4 is 10.1 Å². The van der Waals surface area contributed by atoms with Crippen LogP contribution in [-0.2, 0) is 4.79 Å². The summed E-state index contributed by atoms with van der Waals surface area (Å²) in [6.07, 6.45) is 0.908. The van der Waals surface area contributed by atoms with Gasteiger partial charge in [-0.3, -0.25) is 4.79 Å². The van der Waals surface area contributed by atoms with Crippen molar-refractivity contribution in [3.63, 3.8) is 0 Å². The molecule has 1 N–H and O–H groups in total. The summed E-state index contributed by atoms with van der Waals surface area (Å²) in [5, 5.41) is 10.9. The van der Waals surface area contributed by atoms with E-state index in [-0.39, 0.29) is 11.2 Å². The molecule has 0 saturated carbocycles. The maximum atomic E-state index is 11.8. The van der Waals surface area contributed by atoms with Crippen LogP contribution in [0.15, 0.2) is 33.9 Å². The van der Waals surface area contributed by atoms with Gasteiger partial charge >= 0.3 is 0 Å². The molecule has 0 fully saturated rings. The second-order valence-electron chi connectivity index (χ2n) is 4.65. The lowest BCUT2D eigenvalue weighted by atomic mass is 10.2. The fourth-order valence-electron chi connectivity index (χ4n) is 1.70. The van der Waals surface area contributed by atoms with E-state index < -0.39 is 0 Å². The molecule has 2 aromatic rings. The van der Waals surface area contributed by atoms with Crippen LogP contribution in [0, 0.1) is 0 Å². The normalized spacial score (nSPS) is 12.0. The van der Waals surface area contributed by atoms with E-state index in [1.807, 2.05) is 38.1 Å². The number of ether oxygens (including phenoxy) is 1. The number of thioether (sulfide) groups is 1. The third-order valence-electron chi connectivity index (χ3n) is 2.94. The number of hydrogen-bond acceptors (Lipinski definition) is 6. The zero-order valence-corrected chi connectivity index (χ0v) is 13.6. The first-order valence-corrected chi connectivity index (χ1v) is 7.94. The molecular formula is C15H19N3O3S. The van der Waals surface area contributed by atoms with Crippen molar-refractivity contribution in [2.45, 2.75) is 30.7 Å². The van der Waals surface area contributed by atoms with Crippen LogP contribution in [-0.4, -0.2) is 35.0 Å². The predicted octanol–water partition coefficient (Wildman–Crippen LogP) is 2.75. The highest BCUT2D eigenvalue weighted by Crippen LogP contribution is 2.27. The van der Waals surface area contributed by atoms with Crippen LogP contribution in [0.25, 0.3) is 11.5 Å². The number of amides is 1. The van der Waals surface area contributed by atoms with Gasteiger partial charge in [0, 0.05) is 12.1 Å². The summed E-state index contributed by atoms with van der Waals surface area (Å²) in [6.45, 7) is 4.49. The van der Waals surface area contributed by atoms with Crippen molar-refractivity contribution in [2.24, 2.45) is 0 Å². The van der Waals surface area contributed by atoms with E-state index in [1.165, 1.54) is 11.8 Å². The van der Waals surface area contributed by atoms with Gasteiger partial charge in [0.15, 0.2) is 0 Å². The van der Waals surface area contributed by atoms with Crippen molar-refractivity contribution in [3.8, 4) is 17.2 Å². The first-order chi connectivity index (χ1) is 10.6. The summed E-state index contributed by atoms with van der Waals surface area (Å²) < 4.78 is 10.7. The van der Waals surface area contributed by atoms with Gasteiger partial charge in [0.1, 0.15) is 5.75 Å². The standard InChI is InChI=1S/C15H19N3O3S/c1-4-9-16-13(19)10(2)22-15-18-17-14(21-15)11-5-7-12(20-3)8-6-11/h5-8,10H,4,9H2,1-3H3,(H,16,19). The van der Waals surface area contributed by atoms with Gasteiger partial charge in [-0.25, -0.2) is 0 Å². The highest BCUT2D eigenvalue weighted by atomic mass is 32.2. The van der Waals surface area contributed by atoms with E-state index in [4.69, 9.17) is 9.15 Å². The van der Waals surface area contributed by atoms with Gasteiger partial charge in [-0.2, -0.15) is 0 Å². The van der Waals surface area contributed by atoms with Crippen molar-refractivity contribution in [1.29, 1.82) is 0 Å². The van der Waals surface area contributed by atoms with Crippen LogP contribution in [0.2, 0.25) is 0 Å². The molecule has 1 atom stereocenters. The number of nitrogens with one attached hydrogen (secondary N) is 1. The highest BCUT2D eigenvalue weighted by Gasteiger charge is 2.18. The second kappa shape index (κ2) is 7.84. The lowest BCUT2D eigenvalue weighted by Gasteiger charge is -2.08. The van der Waals surface area contributed by atoms with Gasteiger partial charge in [-0.15, -0.1) is 10.2 Å². The fraction of sp³-hybridized carbons (Fsp3) is 0.400. The molecular weight excluding hydrogens is 302 g/mol. The van der Waals surface area contributed by atoms with Gasteiger partial charge < -0.3 is 14.5 Å². The second-order valence-corrected chi connectivity index (χ2v) is 5.94. The first-order valence-electron chi connectivity index (χ1n) is 7.06. The fourth-order valence-corrected chi connectivity index (χ4v) is 2.41. The summed E-state index contributed by atoms with van der Waals surface area (Å²) >= 11 is 1.25. The number of rotatable bonds is 7. The molecule has 6 nitrogen and oxygen atoms in total. The maximum Gasteiger partial charge on any atom is 0.277 e. The van der Waals surface area contributed by atoms with Crippen LogP contribution >= 0.6 is 11.8 Å². The molecule has 1 aromatic carbocycles. The minimum absolute atomic E-state index is 0.0314. The summed E-state index contributed by atoms with van der Waals surface area (Å²) in [6, 6.07) is 7.34. The van der Waals surface area contributed by atoms with Gasteiger partial charge in [-0.1, -0.05) is 18.7 Å². The Morgan fingerprint density at radius 1 is 1.36 bits per heavy atom. The number of carbonyl (C=O) groups is 1. The smallest absolute Gasteiger partial charge is 0.277 e. The Morgan fingerprint density at radius 2 is 2.09 bits per heavy atom. The summed E-state index contributed by atoms with van der Waals surface area (Å²) in [7, 11) is 1.61. The molecule has 0 aliphatic rings. The first kappa shape index (κ1) is 16.4. The number of aromatic nitrogens is 2. The Hall–Kier alpha value is -2.02. The van der Waals surface area contributed by atoms with Gasteiger partial charge in [0.2, 0.25) is 11.8 Å². The molecule has 1 unspecified atom stereocenters. The molecule has 1 aromatic heterocycles. The Morgan fingerprint density at radius 3 is 2.73 bits per heavy atom. The molecule has 0 aliphatic heterocycles. The van der Waals surface area contributed by atoms with Crippen LogP contribution in [0.5, 0.6) is 5.75 Å². The third-order valence-corrected chi connectivity index (χ3v) is 3.87. The van der Waals surface area contributed by atoms with Crippen molar-refractivity contribution in [3.05, 3.63) is 24.3 Å². The van der Waals surface area contributed by atoms with Crippen LogP contribution in [0.4, 0.5) is 0 Å². The van der Waals surface area contributed by atoms with E-state index in [1.54, 1.807) is 7.11 Å². The Bertz CT molecular complexity index is 613. The van der Waals surface area contributed by atoms with Crippen molar-refractivity contribution < 1.29 is 13.9 Å². The zero-order valence-electron chi connectivity index (χ0n) is 12.8. The Balaban J connectivity index is 2.00. The average Bonchev–Trinajstić information content (AvgIpc) is 3.01. The molecule has 0 radical (unpaired) electrons. The minimum atomic E-state index is -0.282. The lowest BCUT2D eigenvalue weighted by molar-refractivity contribution is -0.120. The van der Waals surface area contributed by atoms with Crippen molar-refractivity contribution in [1.82, 2.24) is 15.5 Å². The molecule has 22 heavy (non-hydrogen) atoms. The monoisotopic (exact) mass is 321 g/mol. The molecule has 1 amide bonds. The number of hydrogen-bond donors (Lipinski definition) is 1. The zero-order chi connectivity index (χ0) is 15.9. The molecule has 0 saturated heterocycles.